The molecule has 0 unspecified atom stereocenters. The molecule has 0 aliphatic heterocycles. The first kappa shape index (κ1) is 20.5. The molecule has 0 aliphatic rings. The number of allylic oxidation sites excluding steroid dienone is 2. The molecular formula is C15H25F3N2O2. The van der Waals surface area contributed by atoms with E-state index in [0.717, 1.165) is 6.54 Å². The van der Waals surface area contributed by atoms with E-state index >= 15 is 0 Å². The van der Waals surface area contributed by atoms with E-state index in [1.807, 2.05) is 13.8 Å². The molecule has 2 N–H and O–H groups in total. The lowest BCUT2D eigenvalue weighted by Crippen LogP contribution is -2.28. The van der Waals surface area contributed by atoms with Gasteiger partial charge in [-0.25, -0.2) is 0 Å². The molecule has 4 nitrogen and oxygen atoms in total. The van der Waals surface area contributed by atoms with Gasteiger partial charge in [0.25, 0.3) is 0 Å². The van der Waals surface area contributed by atoms with Gasteiger partial charge in [0.2, 0.25) is 0 Å². The minimum atomic E-state index is -4.31. The van der Waals surface area contributed by atoms with E-state index in [2.05, 4.69) is 17.2 Å². The number of hydrogen-bond donors (Lipinski definition) is 2. The fourth-order valence-corrected chi connectivity index (χ4v) is 1.63. The van der Waals surface area contributed by atoms with Crippen LogP contribution in [0.5, 0.6) is 0 Å². The molecule has 0 atom stereocenters. The zero-order valence-corrected chi connectivity index (χ0v) is 13.2. The van der Waals surface area contributed by atoms with Gasteiger partial charge in [-0.2, -0.15) is 13.2 Å². The highest BCUT2D eigenvalue weighted by atomic mass is 19.4. The lowest BCUT2D eigenvalue weighted by Gasteiger charge is -2.16. The number of hydrogen-bond acceptors (Lipinski definition) is 4. The van der Waals surface area contributed by atoms with Crippen molar-refractivity contribution in [2.75, 3.05) is 26.2 Å². The summed E-state index contributed by atoms with van der Waals surface area (Å²) in [5, 5.41) is 6.05. The van der Waals surface area contributed by atoms with E-state index in [0.29, 0.717) is 25.2 Å². The minimum absolute atomic E-state index is 0.0717. The number of rotatable bonds is 12. The van der Waals surface area contributed by atoms with Crippen molar-refractivity contribution >= 4 is 5.78 Å². The van der Waals surface area contributed by atoms with Gasteiger partial charge in [-0.15, -0.1) is 0 Å². The third-order valence-corrected chi connectivity index (χ3v) is 2.68. The predicted molar refractivity (Wildman–Crippen MR) is 80.3 cm³/mol. The number of Topliss-reactive ketones (excluding diaryl/α,β-unsaturated/α-hetero) is 1. The van der Waals surface area contributed by atoms with E-state index < -0.39 is 19.2 Å². The van der Waals surface area contributed by atoms with Crippen molar-refractivity contribution in [1.29, 1.82) is 0 Å². The molecule has 22 heavy (non-hydrogen) atoms. The van der Waals surface area contributed by atoms with Crippen LogP contribution in [-0.4, -0.2) is 38.2 Å². The lowest BCUT2D eigenvalue weighted by molar-refractivity contribution is -0.144. The van der Waals surface area contributed by atoms with Crippen LogP contribution in [0.3, 0.4) is 0 Å². The van der Waals surface area contributed by atoms with Gasteiger partial charge in [-0.3, -0.25) is 4.79 Å². The van der Waals surface area contributed by atoms with Crippen LogP contribution in [0, 0.1) is 0 Å². The molecule has 128 valence electrons. The van der Waals surface area contributed by atoms with Crippen LogP contribution < -0.4 is 10.6 Å². The molecule has 0 rings (SSSR count). The van der Waals surface area contributed by atoms with Crippen molar-refractivity contribution in [2.45, 2.75) is 39.3 Å². The molecule has 0 aromatic heterocycles. The summed E-state index contributed by atoms with van der Waals surface area (Å²) >= 11 is 0. The summed E-state index contributed by atoms with van der Waals surface area (Å²) in [5.74, 6) is -0.395. The maximum atomic E-state index is 12.2. The monoisotopic (exact) mass is 322 g/mol. The Balaban J connectivity index is 4.85. The second kappa shape index (κ2) is 11.1. The fourth-order valence-electron chi connectivity index (χ4n) is 1.63. The number of alkyl halides is 3. The van der Waals surface area contributed by atoms with Gasteiger partial charge in [0.1, 0.15) is 0 Å². The topological polar surface area (TPSA) is 50.4 Å². The maximum absolute atomic E-state index is 12.2. The Labute approximate surface area is 129 Å². The number of carbonyl (C=O) groups is 1. The molecule has 0 spiro atoms. The van der Waals surface area contributed by atoms with Crippen LogP contribution in [0.4, 0.5) is 13.2 Å². The van der Waals surface area contributed by atoms with Crippen molar-refractivity contribution < 1.29 is 22.7 Å². The van der Waals surface area contributed by atoms with E-state index in [-0.39, 0.29) is 18.0 Å². The molecule has 0 saturated heterocycles. The summed E-state index contributed by atoms with van der Waals surface area (Å²) in [5.41, 5.74) is 0.332. The van der Waals surface area contributed by atoms with Gasteiger partial charge in [-0.1, -0.05) is 20.4 Å². The average Bonchev–Trinajstić information content (AvgIpc) is 2.44. The molecule has 0 amide bonds. The van der Waals surface area contributed by atoms with Crippen LogP contribution in [0.1, 0.15) is 33.1 Å². The lowest BCUT2D eigenvalue weighted by atomic mass is 10.1. The summed E-state index contributed by atoms with van der Waals surface area (Å²) in [6, 6.07) is 0. The number of halogens is 3. The van der Waals surface area contributed by atoms with Crippen molar-refractivity contribution in [3.63, 3.8) is 0 Å². The molecule has 0 saturated carbocycles. The van der Waals surface area contributed by atoms with Crippen molar-refractivity contribution in [3.8, 4) is 0 Å². The molecule has 0 aromatic rings. The van der Waals surface area contributed by atoms with Crippen LogP contribution >= 0.6 is 0 Å². The Morgan fingerprint density at radius 2 is 1.95 bits per heavy atom. The number of nitrogens with one attached hydrogen (secondary N) is 2. The Hall–Kier alpha value is -1.50. The third kappa shape index (κ3) is 9.44. The first-order valence-electron chi connectivity index (χ1n) is 7.39. The van der Waals surface area contributed by atoms with E-state index in [4.69, 9.17) is 4.74 Å². The second-order valence-corrected chi connectivity index (χ2v) is 4.61. The van der Waals surface area contributed by atoms with Crippen molar-refractivity contribution in [2.24, 2.45) is 0 Å². The number of ether oxygens (including phenoxy) is 1. The van der Waals surface area contributed by atoms with Gasteiger partial charge in [0.05, 0.1) is 18.7 Å². The second-order valence-electron chi connectivity index (χ2n) is 4.61. The molecule has 0 radical (unpaired) electrons. The minimum Gasteiger partial charge on any atom is -0.487 e. The zero-order chi connectivity index (χ0) is 17.0. The number of likely N-dealkylation sites (N-methyl/N-ethyl adjacent to an activating group) is 1. The Morgan fingerprint density at radius 3 is 2.45 bits per heavy atom. The number of ketones is 1. The molecule has 7 heteroatoms. The van der Waals surface area contributed by atoms with Crippen molar-refractivity contribution in [1.82, 2.24) is 10.6 Å². The van der Waals surface area contributed by atoms with Gasteiger partial charge >= 0.3 is 6.18 Å². The Morgan fingerprint density at radius 1 is 1.27 bits per heavy atom. The molecule has 0 heterocycles. The van der Waals surface area contributed by atoms with Crippen LogP contribution in [0.25, 0.3) is 0 Å². The highest BCUT2D eigenvalue weighted by Gasteiger charge is 2.27. The third-order valence-electron chi connectivity index (χ3n) is 2.68. The smallest absolute Gasteiger partial charge is 0.392 e. The molecule has 0 aliphatic carbocycles. The number of carbonyl (C=O) groups excluding carboxylic acids is 1. The van der Waals surface area contributed by atoms with Crippen molar-refractivity contribution in [3.05, 3.63) is 24.1 Å². The Bertz CT molecular complexity index is 379. The largest absolute Gasteiger partial charge is 0.487 e. The van der Waals surface area contributed by atoms with Gasteiger partial charge in [0, 0.05) is 19.5 Å². The van der Waals surface area contributed by atoms with Crippen LogP contribution in [0.2, 0.25) is 0 Å². The summed E-state index contributed by atoms with van der Waals surface area (Å²) < 4.78 is 41.7. The first-order chi connectivity index (χ1) is 10.4. The predicted octanol–water partition coefficient (Wildman–Crippen LogP) is 2.92. The SMILES string of the molecule is C=C/C(NCCNCC)=C(/OCCC(F)(F)F)C(=O)CCC. The highest BCUT2D eigenvalue weighted by Crippen LogP contribution is 2.20. The van der Waals surface area contributed by atoms with Crippen LogP contribution in [0.15, 0.2) is 24.1 Å². The normalized spacial score (nSPS) is 12.6. The first-order valence-corrected chi connectivity index (χ1v) is 7.39. The fraction of sp³-hybridized carbons (Fsp3) is 0.667. The molecule has 0 aromatic carbocycles. The summed E-state index contributed by atoms with van der Waals surface area (Å²) in [7, 11) is 0. The van der Waals surface area contributed by atoms with Gasteiger partial charge in [0.15, 0.2) is 11.5 Å². The van der Waals surface area contributed by atoms with Crippen LogP contribution in [-0.2, 0) is 9.53 Å². The average molecular weight is 322 g/mol. The Kier molecular flexibility index (Phi) is 10.4. The van der Waals surface area contributed by atoms with E-state index in [1.165, 1.54) is 6.08 Å². The maximum Gasteiger partial charge on any atom is 0.392 e. The van der Waals surface area contributed by atoms with Gasteiger partial charge in [-0.05, 0) is 19.0 Å². The highest BCUT2D eigenvalue weighted by molar-refractivity contribution is 5.94. The molecule has 0 fully saturated rings. The summed E-state index contributed by atoms with van der Waals surface area (Å²) in [6.45, 7) is 8.76. The van der Waals surface area contributed by atoms with Gasteiger partial charge < -0.3 is 15.4 Å². The standard InChI is InChI=1S/C15H25F3N2O2/c1-4-7-13(21)14(22-11-8-15(16,17)18)12(5-2)20-10-9-19-6-3/h5,19-20H,2,4,6-11H2,1,3H3/b14-12-. The molecular weight excluding hydrogens is 297 g/mol. The summed E-state index contributed by atoms with van der Waals surface area (Å²) in [4.78, 5) is 12.0. The van der Waals surface area contributed by atoms with E-state index in [9.17, 15) is 18.0 Å². The molecule has 0 bridgehead atoms. The quantitative estimate of drug-likeness (QED) is 0.251. The van der Waals surface area contributed by atoms with E-state index in [1.54, 1.807) is 0 Å². The zero-order valence-electron chi connectivity index (χ0n) is 13.2. The summed E-state index contributed by atoms with van der Waals surface area (Å²) in [6.07, 6.45) is -3.22.